The zero-order valence-corrected chi connectivity index (χ0v) is 13.5. The lowest BCUT2D eigenvalue weighted by Crippen LogP contribution is -2.45. The van der Waals surface area contributed by atoms with Crippen molar-refractivity contribution in [3.8, 4) is 11.8 Å². The van der Waals surface area contributed by atoms with Gasteiger partial charge in [-0.25, -0.2) is 4.79 Å². The molecule has 0 aromatic heterocycles. The molecule has 0 heterocycles. The smallest absolute Gasteiger partial charge is 0.344 e. The lowest BCUT2D eigenvalue weighted by atomic mass is 9.73. The van der Waals surface area contributed by atoms with Gasteiger partial charge in [0.25, 0.3) is 0 Å². The van der Waals surface area contributed by atoms with Crippen LogP contribution in [0.3, 0.4) is 0 Å². The molecule has 2 rings (SSSR count). The molecule has 142 valence electrons. The van der Waals surface area contributed by atoms with Crippen molar-refractivity contribution in [3.05, 3.63) is 35.9 Å². The molecule has 1 atom stereocenters. The highest BCUT2D eigenvalue weighted by molar-refractivity contribution is 5.81. The number of ether oxygens (including phenoxy) is 1. The fourth-order valence-electron chi connectivity index (χ4n) is 1.97. The predicted molar refractivity (Wildman–Crippen MR) is 103 cm³/mol. The molecule has 1 N–H and O–H groups in total. The number of aliphatic hydroxyl groups is 1. The van der Waals surface area contributed by atoms with Crippen LogP contribution in [0.5, 0.6) is 0 Å². The topological polar surface area (TPSA) is 49.8 Å². The molecule has 0 bridgehead atoms. The fraction of sp³-hybridized carbons (Fsp3) is 0.591. The molecule has 4 heteroatoms. The van der Waals surface area contributed by atoms with Crippen LogP contribution in [0.2, 0.25) is 0 Å². The van der Waals surface area contributed by atoms with E-state index in [2.05, 4.69) is 0 Å². The molecule has 1 unspecified atom stereocenters. The summed E-state index contributed by atoms with van der Waals surface area (Å²) in [5.41, 5.74) is -4.73. The quantitative estimate of drug-likeness (QED) is 0.584. The van der Waals surface area contributed by atoms with Gasteiger partial charge in [0.05, 0.1) is 6.54 Å². The Hall–Kier alpha value is -1.83. The number of hydrogen-bond acceptors (Lipinski definition) is 4. The zero-order valence-electron chi connectivity index (χ0n) is 34.5. The zero-order chi connectivity index (χ0) is 37.3. The molecule has 0 aliphatic heterocycles. The van der Waals surface area contributed by atoms with E-state index in [1.54, 1.807) is 0 Å². The third-order valence-electron chi connectivity index (χ3n) is 3.26. The molecule has 0 spiro atoms. The molecule has 1 fully saturated rings. The lowest BCUT2D eigenvalue weighted by molar-refractivity contribution is -0.174. The van der Waals surface area contributed by atoms with E-state index in [9.17, 15) is 9.90 Å². The van der Waals surface area contributed by atoms with Crippen molar-refractivity contribution in [1.82, 2.24) is 4.90 Å². The van der Waals surface area contributed by atoms with Crippen LogP contribution in [-0.4, -0.2) is 42.1 Å². The van der Waals surface area contributed by atoms with Gasteiger partial charge < -0.3 is 9.84 Å². The number of carbonyl (C=O) groups is 1. The van der Waals surface area contributed by atoms with Gasteiger partial charge in [0.15, 0.2) is 12.2 Å². The summed E-state index contributed by atoms with van der Waals surface area (Å²) in [6.07, 6.45) is -20.5. The van der Waals surface area contributed by atoms with Crippen molar-refractivity contribution in [3.63, 3.8) is 0 Å². The standard InChI is InChI=1S/C22H31NO3/c1-3-23(4-2)17-11-12-18-26-21(24)22(25,19-13-7-5-8-14-19)20-15-9-6-10-16-20/h5,7-8,13-14,20,25H,3-4,6,9-10,15-18H2,1-2H3/i1D3,2D3,3D2,4D2,6D2,9D2,10D2,15D2,16D2,20D. The Morgan fingerprint density at radius 1 is 1.35 bits per heavy atom. The average molecular weight is 379 g/mol. The van der Waals surface area contributed by atoms with Crippen LogP contribution in [0.4, 0.5) is 0 Å². The van der Waals surface area contributed by atoms with Crippen molar-refractivity contribution in [2.45, 2.75) is 51.2 Å². The normalized spacial score (nSPS) is 42.2. The molecular formula is C22H31NO3. The van der Waals surface area contributed by atoms with Crippen molar-refractivity contribution in [2.75, 3.05) is 26.1 Å². The first-order valence-corrected chi connectivity index (χ1v) is 7.30. The summed E-state index contributed by atoms with van der Waals surface area (Å²) in [5.74, 6) is -2.31. The lowest BCUT2D eigenvalue weighted by Gasteiger charge is -2.36. The van der Waals surface area contributed by atoms with Gasteiger partial charge in [-0.3, -0.25) is 4.90 Å². The van der Waals surface area contributed by atoms with Crippen LogP contribution in [0.15, 0.2) is 30.3 Å². The van der Waals surface area contributed by atoms with Gasteiger partial charge in [-0.1, -0.05) is 75.0 Å². The van der Waals surface area contributed by atoms with Crippen LogP contribution in [0.25, 0.3) is 0 Å². The second kappa shape index (κ2) is 10.4. The van der Waals surface area contributed by atoms with E-state index in [4.69, 9.17) is 33.5 Å². The van der Waals surface area contributed by atoms with Gasteiger partial charge in [-0.15, -0.1) is 0 Å². The van der Waals surface area contributed by atoms with Crippen molar-refractivity contribution in [1.29, 1.82) is 0 Å². The third kappa shape index (κ3) is 5.09. The van der Waals surface area contributed by atoms with Gasteiger partial charge in [0.2, 0.25) is 0 Å². The van der Waals surface area contributed by atoms with Crippen molar-refractivity contribution < 1.29 is 43.4 Å². The van der Waals surface area contributed by atoms with E-state index in [0.29, 0.717) is 0 Å². The Kier molecular flexibility index (Phi) is 2.42. The summed E-state index contributed by atoms with van der Waals surface area (Å²) in [4.78, 5) is 13.4. The minimum Gasteiger partial charge on any atom is -0.450 e. The van der Waals surface area contributed by atoms with Crippen molar-refractivity contribution >= 4 is 5.97 Å². The van der Waals surface area contributed by atoms with Gasteiger partial charge in [-0.2, -0.15) is 0 Å². The first-order chi connectivity index (χ1) is 20.6. The van der Waals surface area contributed by atoms with E-state index in [1.165, 1.54) is 6.07 Å². The number of nitrogens with zero attached hydrogens (tertiary/aromatic N) is 1. The predicted octanol–water partition coefficient (Wildman–Crippen LogP) is 3.34. The van der Waals surface area contributed by atoms with Crippen molar-refractivity contribution in [2.24, 2.45) is 5.89 Å². The number of rotatable bonds is 7. The molecule has 26 heavy (non-hydrogen) atoms. The highest BCUT2D eigenvalue weighted by Gasteiger charge is 2.46. The maximum Gasteiger partial charge on any atom is 0.344 e. The average Bonchev–Trinajstić information content (AvgIpc) is 2.91. The summed E-state index contributed by atoms with van der Waals surface area (Å²) in [5, 5.41) is 11.9. The molecule has 1 saturated carbocycles. The number of esters is 1. The Balaban J connectivity index is 2.67. The summed E-state index contributed by atoms with van der Waals surface area (Å²) in [6.45, 7) is -16.8. The fourth-order valence-corrected chi connectivity index (χ4v) is 1.97. The molecule has 0 amide bonds. The largest absolute Gasteiger partial charge is 0.450 e. The first kappa shape index (κ1) is 6.09. The number of benzene rings is 1. The van der Waals surface area contributed by atoms with E-state index < -0.39 is 94.7 Å². The molecule has 1 aromatic rings. The maximum absolute atomic E-state index is 13.6. The van der Waals surface area contributed by atoms with Crippen LogP contribution in [0.1, 0.15) is 79.9 Å². The summed E-state index contributed by atoms with van der Waals surface area (Å²) < 4.78 is 172. The summed E-state index contributed by atoms with van der Waals surface area (Å²) in [6, 6.07) is 5.37. The monoisotopic (exact) mass is 378 g/mol. The van der Waals surface area contributed by atoms with Gasteiger partial charge in [0.1, 0.15) is 0 Å². The molecule has 4 nitrogen and oxygen atoms in total. The second-order valence-corrected chi connectivity index (χ2v) is 4.82. The Bertz CT molecular complexity index is 1340. The summed E-state index contributed by atoms with van der Waals surface area (Å²) in [7, 11) is 0. The van der Waals surface area contributed by atoms with E-state index >= 15 is 0 Å². The van der Waals surface area contributed by atoms with Crippen LogP contribution in [0, 0.1) is 17.7 Å². The third-order valence-corrected chi connectivity index (χ3v) is 3.26. The number of carbonyl (C=O) groups excluding carboxylic acids is 1. The van der Waals surface area contributed by atoms with E-state index in [-0.39, 0.29) is 4.90 Å². The second-order valence-electron chi connectivity index (χ2n) is 4.82. The van der Waals surface area contributed by atoms with Gasteiger partial charge in [0, 0.05) is 34.7 Å². The SMILES string of the molecule is [2H]C([2H])([2H])C([2H])([2H])N(CC#CCOC(=O)C(O)(c1ccccc1)C1([2H])C([2H])([2H])C([2H])([2H])C([2H])([2H])C([2H])([2H])C1([2H])[2H])C([2H])([2H])C([2H])([2H])[2H]. The molecule has 1 aliphatic rings. The van der Waals surface area contributed by atoms with Crippen LogP contribution >= 0.6 is 0 Å². The highest BCUT2D eigenvalue weighted by Crippen LogP contribution is 2.40. The molecular weight excluding hydrogens is 326 g/mol. The van der Waals surface area contributed by atoms with Crippen LogP contribution in [-0.2, 0) is 15.1 Å². The van der Waals surface area contributed by atoms with Gasteiger partial charge >= 0.3 is 5.97 Å². The van der Waals surface area contributed by atoms with E-state index in [1.807, 2.05) is 11.8 Å². The first-order valence-electron chi connectivity index (χ1n) is 17.8. The highest BCUT2D eigenvalue weighted by atomic mass is 16.5. The Morgan fingerprint density at radius 2 is 2.04 bits per heavy atom. The van der Waals surface area contributed by atoms with Gasteiger partial charge in [-0.05, 0) is 31.3 Å². The Labute approximate surface area is 187 Å². The summed E-state index contributed by atoms with van der Waals surface area (Å²) >= 11 is 0. The number of hydrogen-bond donors (Lipinski definition) is 1. The maximum atomic E-state index is 13.6. The molecule has 1 aromatic carbocycles. The Morgan fingerprint density at radius 3 is 2.69 bits per heavy atom. The minimum atomic E-state index is -4.25. The van der Waals surface area contributed by atoms with E-state index in [0.717, 1.165) is 24.3 Å². The molecule has 0 radical (unpaired) electrons. The minimum absolute atomic E-state index is 0.211. The molecule has 1 aliphatic carbocycles. The van der Waals surface area contributed by atoms with Crippen LogP contribution < -0.4 is 0 Å². The molecule has 0 saturated heterocycles.